The minimum absolute atomic E-state index is 0.00105. The van der Waals surface area contributed by atoms with E-state index in [0.717, 1.165) is 28.2 Å². The van der Waals surface area contributed by atoms with Gasteiger partial charge in [-0.3, -0.25) is 4.79 Å². The second kappa shape index (κ2) is 6.73. The van der Waals surface area contributed by atoms with Crippen LogP contribution in [-0.4, -0.2) is 19.1 Å². The Balaban J connectivity index is 1.68. The summed E-state index contributed by atoms with van der Waals surface area (Å²) in [6, 6.07) is 13.8. The number of fused-ring (bicyclic) bond motifs is 1. The van der Waals surface area contributed by atoms with Crippen molar-refractivity contribution < 1.29 is 14.3 Å². The molecule has 2 aromatic rings. The largest absolute Gasteiger partial charge is 0.486 e. The monoisotopic (exact) mass is 311 g/mol. The minimum atomic E-state index is -0.0128. The lowest BCUT2D eigenvalue weighted by molar-refractivity contribution is -0.121. The van der Waals surface area contributed by atoms with Crippen molar-refractivity contribution in [3.8, 4) is 11.5 Å². The maximum atomic E-state index is 12.3. The Morgan fingerprint density at radius 1 is 1.13 bits per heavy atom. The van der Waals surface area contributed by atoms with Gasteiger partial charge in [-0.05, 0) is 42.7 Å². The molecule has 0 saturated heterocycles. The highest BCUT2D eigenvalue weighted by molar-refractivity contribution is 5.79. The average Bonchev–Trinajstić information content (AvgIpc) is 2.56. The summed E-state index contributed by atoms with van der Waals surface area (Å²) in [5.74, 6) is 1.48. The summed E-state index contributed by atoms with van der Waals surface area (Å²) < 4.78 is 11.2. The maximum Gasteiger partial charge on any atom is 0.224 e. The lowest BCUT2D eigenvalue weighted by Gasteiger charge is -2.20. The van der Waals surface area contributed by atoms with Gasteiger partial charge in [0.2, 0.25) is 5.91 Å². The van der Waals surface area contributed by atoms with Crippen LogP contribution in [0.2, 0.25) is 0 Å². The van der Waals surface area contributed by atoms with Gasteiger partial charge < -0.3 is 14.8 Å². The molecule has 0 aromatic heterocycles. The van der Waals surface area contributed by atoms with Crippen LogP contribution < -0.4 is 14.8 Å². The quantitative estimate of drug-likeness (QED) is 0.943. The van der Waals surface area contributed by atoms with E-state index in [4.69, 9.17) is 9.47 Å². The predicted octanol–water partition coefficient (Wildman–Crippen LogP) is 3.19. The van der Waals surface area contributed by atoms with Crippen LogP contribution in [0.4, 0.5) is 0 Å². The Morgan fingerprint density at radius 3 is 2.48 bits per heavy atom. The molecule has 120 valence electrons. The first-order valence-electron chi connectivity index (χ1n) is 7.87. The summed E-state index contributed by atoms with van der Waals surface area (Å²) in [7, 11) is 0. The molecule has 1 heterocycles. The zero-order valence-electron chi connectivity index (χ0n) is 13.5. The van der Waals surface area contributed by atoms with Crippen molar-refractivity contribution in [2.45, 2.75) is 26.3 Å². The van der Waals surface area contributed by atoms with Gasteiger partial charge in [0.1, 0.15) is 13.2 Å². The molecular formula is C19H21NO3. The molecule has 1 aliphatic heterocycles. The molecule has 1 aliphatic rings. The van der Waals surface area contributed by atoms with E-state index in [9.17, 15) is 4.79 Å². The number of rotatable bonds is 4. The second-order valence-corrected chi connectivity index (χ2v) is 5.80. The molecule has 2 aromatic carbocycles. The summed E-state index contributed by atoms with van der Waals surface area (Å²) in [5.41, 5.74) is 3.10. The van der Waals surface area contributed by atoms with Crippen LogP contribution in [0.3, 0.4) is 0 Å². The first kappa shape index (κ1) is 15.4. The average molecular weight is 311 g/mol. The Labute approximate surface area is 136 Å². The fourth-order valence-corrected chi connectivity index (χ4v) is 2.71. The van der Waals surface area contributed by atoms with E-state index < -0.39 is 0 Å². The molecule has 0 fully saturated rings. The number of nitrogens with one attached hydrogen (secondary N) is 1. The summed E-state index contributed by atoms with van der Waals surface area (Å²) in [6.07, 6.45) is 0.333. The van der Waals surface area contributed by atoms with E-state index >= 15 is 0 Å². The summed E-state index contributed by atoms with van der Waals surface area (Å²) in [5, 5.41) is 3.04. The second-order valence-electron chi connectivity index (χ2n) is 5.80. The van der Waals surface area contributed by atoms with Crippen LogP contribution in [-0.2, 0) is 11.2 Å². The van der Waals surface area contributed by atoms with Crippen molar-refractivity contribution in [1.82, 2.24) is 5.32 Å². The fraction of sp³-hybridized carbons (Fsp3) is 0.316. The molecule has 1 amide bonds. The molecule has 1 atom stereocenters. The standard InChI is InChI=1S/C19H21NO3/c1-13-10-17-18(23-9-8-22-17)11-16(13)12-19(21)20-14(2)15-6-4-3-5-7-15/h3-7,10-11,14H,8-9,12H2,1-2H3,(H,20,21). The van der Waals surface area contributed by atoms with E-state index in [1.165, 1.54) is 0 Å². The zero-order chi connectivity index (χ0) is 16.2. The molecule has 4 nitrogen and oxygen atoms in total. The van der Waals surface area contributed by atoms with Gasteiger partial charge in [-0.15, -0.1) is 0 Å². The van der Waals surface area contributed by atoms with Crippen molar-refractivity contribution in [3.63, 3.8) is 0 Å². The normalized spacial score (nSPS) is 14.2. The van der Waals surface area contributed by atoms with Crippen LogP contribution in [0.15, 0.2) is 42.5 Å². The van der Waals surface area contributed by atoms with Gasteiger partial charge in [-0.25, -0.2) is 0 Å². The molecule has 0 bridgehead atoms. The van der Waals surface area contributed by atoms with Gasteiger partial charge in [0.05, 0.1) is 12.5 Å². The molecular weight excluding hydrogens is 290 g/mol. The van der Waals surface area contributed by atoms with Crippen LogP contribution in [0.25, 0.3) is 0 Å². The summed E-state index contributed by atoms with van der Waals surface area (Å²) in [4.78, 5) is 12.3. The van der Waals surface area contributed by atoms with Crippen LogP contribution in [0.5, 0.6) is 11.5 Å². The first-order chi connectivity index (χ1) is 11.1. The molecule has 23 heavy (non-hydrogen) atoms. The topological polar surface area (TPSA) is 47.6 Å². The number of carbonyl (C=O) groups is 1. The molecule has 3 rings (SSSR count). The summed E-state index contributed by atoms with van der Waals surface area (Å²) in [6.45, 7) is 5.10. The Hall–Kier alpha value is -2.49. The summed E-state index contributed by atoms with van der Waals surface area (Å²) >= 11 is 0. The van der Waals surface area contributed by atoms with Crippen molar-refractivity contribution in [2.24, 2.45) is 0 Å². The number of hydrogen-bond donors (Lipinski definition) is 1. The molecule has 0 saturated carbocycles. The zero-order valence-corrected chi connectivity index (χ0v) is 13.5. The predicted molar refractivity (Wildman–Crippen MR) is 88.9 cm³/mol. The van der Waals surface area contributed by atoms with Crippen molar-refractivity contribution >= 4 is 5.91 Å². The SMILES string of the molecule is Cc1cc2c(cc1CC(=O)NC(C)c1ccccc1)OCCO2. The Morgan fingerprint density at radius 2 is 1.78 bits per heavy atom. The van der Waals surface area contributed by atoms with E-state index in [0.29, 0.717) is 19.6 Å². The minimum Gasteiger partial charge on any atom is -0.486 e. The lowest BCUT2D eigenvalue weighted by atomic mass is 10.0. The van der Waals surface area contributed by atoms with Gasteiger partial charge >= 0.3 is 0 Å². The number of hydrogen-bond acceptors (Lipinski definition) is 3. The molecule has 0 spiro atoms. The van der Waals surface area contributed by atoms with E-state index in [-0.39, 0.29) is 11.9 Å². The van der Waals surface area contributed by atoms with Crippen LogP contribution >= 0.6 is 0 Å². The van der Waals surface area contributed by atoms with Gasteiger partial charge in [-0.1, -0.05) is 30.3 Å². The Bertz CT molecular complexity index is 697. The molecule has 0 aliphatic carbocycles. The third-order valence-corrected chi connectivity index (χ3v) is 4.03. The molecule has 1 unspecified atom stereocenters. The van der Waals surface area contributed by atoms with E-state index in [2.05, 4.69) is 5.32 Å². The van der Waals surface area contributed by atoms with Crippen molar-refractivity contribution in [2.75, 3.05) is 13.2 Å². The number of carbonyl (C=O) groups excluding carboxylic acids is 1. The molecule has 0 radical (unpaired) electrons. The van der Waals surface area contributed by atoms with Crippen LogP contribution in [0.1, 0.15) is 29.7 Å². The highest BCUT2D eigenvalue weighted by Crippen LogP contribution is 2.33. The Kier molecular flexibility index (Phi) is 4.51. The van der Waals surface area contributed by atoms with Crippen molar-refractivity contribution in [3.05, 3.63) is 59.2 Å². The van der Waals surface area contributed by atoms with Crippen molar-refractivity contribution in [1.29, 1.82) is 0 Å². The van der Waals surface area contributed by atoms with Gasteiger partial charge in [0.25, 0.3) is 0 Å². The highest BCUT2D eigenvalue weighted by atomic mass is 16.6. The smallest absolute Gasteiger partial charge is 0.224 e. The molecule has 1 N–H and O–H groups in total. The van der Waals surface area contributed by atoms with Gasteiger partial charge in [0.15, 0.2) is 11.5 Å². The number of ether oxygens (including phenoxy) is 2. The van der Waals surface area contributed by atoms with Gasteiger partial charge in [-0.2, -0.15) is 0 Å². The number of amides is 1. The van der Waals surface area contributed by atoms with E-state index in [1.54, 1.807) is 0 Å². The third-order valence-electron chi connectivity index (χ3n) is 4.03. The molecule has 4 heteroatoms. The van der Waals surface area contributed by atoms with E-state index in [1.807, 2.05) is 56.3 Å². The lowest BCUT2D eigenvalue weighted by Crippen LogP contribution is -2.28. The third kappa shape index (κ3) is 3.65. The maximum absolute atomic E-state index is 12.3. The number of benzene rings is 2. The number of aryl methyl sites for hydroxylation is 1. The van der Waals surface area contributed by atoms with Gasteiger partial charge in [0, 0.05) is 0 Å². The fourth-order valence-electron chi connectivity index (χ4n) is 2.71. The highest BCUT2D eigenvalue weighted by Gasteiger charge is 2.16. The van der Waals surface area contributed by atoms with Crippen LogP contribution in [0, 0.1) is 6.92 Å². The first-order valence-corrected chi connectivity index (χ1v) is 7.87.